The van der Waals surface area contributed by atoms with Crippen LogP contribution in [0.3, 0.4) is 0 Å². The van der Waals surface area contributed by atoms with Crippen molar-refractivity contribution in [3.8, 4) is 5.88 Å². The number of fused-ring (bicyclic) bond motifs is 4. The molecule has 2 aromatic carbocycles. The highest BCUT2D eigenvalue weighted by molar-refractivity contribution is 5.84. The molecule has 0 radical (unpaired) electrons. The predicted octanol–water partition coefficient (Wildman–Crippen LogP) is 2.34. The maximum atomic E-state index is 11.8. The number of hydrogen-bond acceptors (Lipinski definition) is 3. The van der Waals surface area contributed by atoms with Gasteiger partial charge >= 0.3 is 0 Å². The van der Waals surface area contributed by atoms with Crippen molar-refractivity contribution in [2.45, 2.75) is 13.2 Å². The van der Waals surface area contributed by atoms with Gasteiger partial charge in [-0.25, -0.2) is 4.68 Å². The van der Waals surface area contributed by atoms with Crippen molar-refractivity contribution in [1.29, 1.82) is 0 Å². The highest BCUT2D eigenvalue weighted by Gasteiger charge is 2.12. The van der Waals surface area contributed by atoms with Gasteiger partial charge in [0.15, 0.2) is 0 Å². The van der Waals surface area contributed by atoms with E-state index in [0.717, 1.165) is 16.5 Å². The first-order valence-corrected chi connectivity index (χ1v) is 6.51. The largest absolute Gasteiger partial charge is 0.472 e. The van der Waals surface area contributed by atoms with Crippen molar-refractivity contribution in [2.24, 2.45) is 0 Å². The Bertz CT molecular complexity index is 868. The molecule has 0 amide bonds. The second kappa shape index (κ2) is 4.20. The molecule has 98 valence electrons. The van der Waals surface area contributed by atoms with E-state index < -0.39 is 0 Å². The molecule has 0 atom stereocenters. The molecule has 3 aromatic rings. The average molecular weight is 264 g/mol. The molecule has 0 unspecified atom stereocenters. The lowest BCUT2D eigenvalue weighted by molar-refractivity contribution is 0.276. The molecule has 1 aliphatic heterocycles. The number of benzene rings is 2. The van der Waals surface area contributed by atoms with Gasteiger partial charge in [-0.05, 0) is 34.0 Å². The molecule has 4 heteroatoms. The number of aromatic nitrogens is 2. The first kappa shape index (κ1) is 11.2. The van der Waals surface area contributed by atoms with Crippen LogP contribution in [0, 0.1) is 0 Å². The van der Waals surface area contributed by atoms with Crippen LogP contribution in [0.1, 0.15) is 11.1 Å². The fourth-order valence-corrected chi connectivity index (χ4v) is 2.55. The molecule has 0 saturated heterocycles. The zero-order chi connectivity index (χ0) is 13.5. The number of hydrogen-bond donors (Lipinski definition) is 0. The maximum Gasteiger partial charge on any atom is 0.267 e. The normalized spacial score (nSPS) is 13.2. The summed E-state index contributed by atoms with van der Waals surface area (Å²) in [5.74, 6) is 0.489. The summed E-state index contributed by atoms with van der Waals surface area (Å²) >= 11 is 0. The van der Waals surface area contributed by atoms with Crippen LogP contribution in [-0.2, 0) is 13.2 Å². The Hall–Kier alpha value is -2.62. The van der Waals surface area contributed by atoms with Gasteiger partial charge in [0.2, 0.25) is 5.88 Å². The Morgan fingerprint density at radius 3 is 2.55 bits per heavy atom. The molecule has 0 N–H and O–H groups in total. The minimum atomic E-state index is -0.113. The van der Waals surface area contributed by atoms with E-state index >= 15 is 0 Å². The van der Waals surface area contributed by atoms with Crippen molar-refractivity contribution in [1.82, 2.24) is 9.78 Å². The lowest BCUT2D eigenvalue weighted by Gasteiger charge is -2.17. The molecule has 4 nitrogen and oxygen atoms in total. The molecule has 4 rings (SSSR count). The monoisotopic (exact) mass is 264 g/mol. The molecule has 0 saturated carbocycles. The van der Waals surface area contributed by atoms with E-state index in [0.29, 0.717) is 19.0 Å². The Kier molecular flexibility index (Phi) is 2.36. The summed E-state index contributed by atoms with van der Waals surface area (Å²) in [6.45, 7) is 0.960. The number of rotatable bonds is 0. The molecule has 1 aliphatic rings. The summed E-state index contributed by atoms with van der Waals surface area (Å²) in [6.07, 6.45) is 0. The third-order valence-electron chi connectivity index (χ3n) is 3.61. The van der Waals surface area contributed by atoms with E-state index in [9.17, 15) is 4.79 Å². The minimum absolute atomic E-state index is 0.113. The second-order valence-electron chi connectivity index (χ2n) is 4.92. The maximum absolute atomic E-state index is 11.8. The van der Waals surface area contributed by atoms with Gasteiger partial charge in [0.05, 0.1) is 6.54 Å². The predicted molar refractivity (Wildman–Crippen MR) is 75.9 cm³/mol. The third kappa shape index (κ3) is 1.77. The van der Waals surface area contributed by atoms with E-state index in [2.05, 4.69) is 29.4 Å². The highest BCUT2D eigenvalue weighted by Crippen LogP contribution is 2.23. The molecule has 1 aromatic heterocycles. The third-order valence-corrected chi connectivity index (χ3v) is 3.61. The van der Waals surface area contributed by atoms with Crippen LogP contribution in [0.4, 0.5) is 0 Å². The molecule has 20 heavy (non-hydrogen) atoms. The lowest BCUT2D eigenvalue weighted by atomic mass is 10.0. The minimum Gasteiger partial charge on any atom is -0.472 e. The SMILES string of the molecule is O=c1ccc2nn1Cc1cc3ccccc3cc1CO2. The fraction of sp³-hybridized carbons (Fsp3) is 0.125. The molecule has 2 bridgehead atoms. The molecule has 2 heterocycles. The van der Waals surface area contributed by atoms with Crippen LogP contribution in [0.15, 0.2) is 53.3 Å². The Morgan fingerprint density at radius 1 is 1.00 bits per heavy atom. The van der Waals surface area contributed by atoms with E-state index in [1.807, 2.05) is 12.1 Å². The lowest BCUT2D eigenvalue weighted by Crippen LogP contribution is -2.25. The van der Waals surface area contributed by atoms with Gasteiger partial charge in [0.1, 0.15) is 6.61 Å². The second-order valence-corrected chi connectivity index (χ2v) is 4.92. The van der Waals surface area contributed by atoms with Crippen LogP contribution in [0.2, 0.25) is 0 Å². The number of nitrogens with zero attached hydrogens (tertiary/aromatic N) is 2. The zero-order valence-electron chi connectivity index (χ0n) is 10.7. The van der Waals surface area contributed by atoms with Crippen LogP contribution < -0.4 is 10.3 Å². The van der Waals surface area contributed by atoms with Crippen molar-refractivity contribution < 1.29 is 4.74 Å². The highest BCUT2D eigenvalue weighted by atomic mass is 16.5. The van der Waals surface area contributed by atoms with E-state index in [4.69, 9.17) is 4.74 Å². The van der Waals surface area contributed by atoms with Crippen LogP contribution in [-0.4, -0.2) is 9.78 Å². The Morgan fingerprint density at radius 2 is 1.75 bits per heavy atom. The van der Waals surface area contributed by atoms with Gasteiger partial charge in [-0.15, -0.1) is 5.10 Å². The first-order chi connectivity index (χ1) is 9.79. The summed E-state index contributed by atoms with van der Waals surface area (Å²) in [5.41, 5.74) is 2.07. The van der Waals surface area contributed by atoms with Crippen LogP contribution in [0.5, 0.6) is 5.88 Å². The summed E-state index contributed by atoms with van der Waals surface area (Å²) in [6, 6.07) is 15.5. The van der Waals surface area contributed by atoms with Gasteiger partial charge in [0, 0.05) is 12.1 Å². The van der Waals surface area contributed by atoms with Crippen molar-refractivity contribution in [3.63, 3.8) is 0 Å². The molecule has 0 fully saturated rings. The quantitative estimate of drug-likeness (QED) is 0.626. The molecule has 0 spiro atoms. The Labute approximate surface area is 115 Å². The first-order valence-electron chi connectivity index (χ1n) is 6.51. The van der Waals surface area contributed by atoms with Gasteiger partial charge in [-0.2, -0.15) is 0 Å². The van der Waals surface area contributed by atoms with Gasteiger partial charge < -0.3 is 4.74 Å². The van der Waals surface area contributed by atoms with Crippen LogP contribution >= 0.6 is 0 Å². The van der Waals surface area contributed by atoms with E-state index in [-0.39, 0.29) is 5.56 Å². The van der Waals surface area contributed by atoms with Crippen molar-refractivity contribution in [2.75, 3.05) is 0 Å². The Balaban J connectivity index is 1.94. The summed E-state index contributed by atoms with van der Waals surface area (Å²) in [5, 5.41) is 6.54. The summed E-state index contributed by atoms with van der Waals surface area (Å²) < 4.78 is 7.09. The fourth-order valence-electron chi connectivity index (χ4n) is 2.55. The topological polar surface area (TPSA) is 44.1 Å². The summed E-state index contributed by atoms with van der Waals surface area (Å²) in [7, 11) is 0. The smallest absolute Gasteiger partial charge is 0.267 e. The number of ether oxygens (including phenoxy) is 1. The van der Waals surface area contributed by atoms with E-state index in [1.165, 1.54) is 16.1 Å². The molecular formula is C16H12N2O2. The van der Waals surface area contributed by atoms with Gasteiger partial charge in [-0.1, -0.05) is 24.3 Å². The van der Waals surface area contributed by atoms with E-state index in [1.54, 1.807) is 6.07 Å². The summed E-state index contributed by atoms with van der Waals surface area (Å²) in [4.78, 5) is 11.8. The van der Waals surface area contributed by atoms with Gasteiger partial charge in [0.25, 0.3) is 5.56 Å². The van der Waals surface area contributed by atoms with Crippen molar-refractivity contribution >= 4 is 10.8 Å². The zero-order valence-corrected chi connectivity index (χ0v) is 10.7. The standard InChI is InChI=1S/C16H12N2O2/c19-16-6-5-15-17-18(16)9-13-7-11-3-1-2-4-12(11)8-14(13)10-20-15/h1-8H,9-10H2. The molecule has 0 aliphatic carbocycles. The van der Waals surface area contributed by atoms with Gasteiger partial charge in [-0.3, -0.25) is 4.79 Å². The van der Waals surface area contributed by atoms with Crippen LogP contribution in [0.25, 0.3) is 10.8 Å². The van der Waals surface area contributed by atoms with Crippen molar-refractivity contribution in [3.05, 3.63) is 70.0 Å². The average Bonchev–Trinajstić information content (AvgIpc) is 2.46. The molecular weight excluding hydrogens is 252 g/mol.